The lowest BCUT2D eigenvalue weighted by Gasteiger charge is -2.08. The van der Waals surface area contributed by atoms with Gasteiger partial charge in [0.25, 0.3) is 0 Å². The standard InChI is InChI=1S/C11H10F3N5O/c1-7-4-16-18-19(7)6-10(20)17-9-3-2-8(5-15-9)11(12,13)14/h2-5H,6H2,1H3,(H,15,17,20). The van der Waals surface area contributed by atoms with E-state index in [-0.39, 0.29) is 12.4 Å². The molecule has 0 unspecified atom stereocenters. The molecular weight excluding hydrogens is 275 g/mol. The number of anilines is 1. The van der Waals surface area contributed by atoms with Gasteiger partial charge in [-0.1, -0.05) is 5.21 Å². The van der Waals surface area contributed by atoms with Crippen molar-refractivity contribution in [2.75, 3.05) is 5.32 Å². The van der Waals surface area contributed by atoms with Gasteiger partial charge in [-0.05, 0) is 19.1 Å². The van der Waals surface area contributed by atoms with Crippen LogP contribution in [-0.2, 0) is 17.5 Å². The molecule has 2 aromatic rings. The maximum absolute atomic E-state index is 12.3. The van der Waals surface area contributed by atoms with Gasteiger partial charge in [-0.25, -0.2) is 9.67 Å². The van der Waals surface area contributed by atoms with Gasteiger partial charge in [0, 0.05) is 6.20 Å². The van der Waals surface area contributed by atoms with Crippen molar-refractivity contribution in [1.29, 1.82) is 0 Å². The first-order chi connectivity index (χ1) is 9.36. The summed E-state index contributed by atoms with van der Waals surface area (Å²) in [7, 11) is 0. The Labute approximate surface area is 111 Å². The zero-order chi connectivity index (χ0) is 14.8. The van der Waals surface area contributed by atoms with Crippen LogP contribution in [0, 0.1) is 6.92 Å². The van der Waals surface area contributed by atoms with Crippen molar-refractivity contribution in [3.05, 3.63) is 35.8 Å². The Bertz CT molecular complexity index is 605. The second-order valence-electron chi connectivity index (χ2n) is 4.01. The van der Waals surface area contributed by atoms with Crippen LogP contribution in [0.3, 0.4) is 0 Å². The molecule has 0 bridgehead atoms. The molecule has 0 radical (unpaired) electrons. The lowest BCUT2D eigenvalue weighted by atomic mass is 10.3. The third-order valence-corrected chi connectivity index (χ3v) is 2.46. The lowest BCUT2D eigenvalue weighted by Crippen LogP contribution is -2.21. The lowest BCUT2D eigenvalue weighted by molar-refractivity contribution is -0.137. The van der Waals surface area contributed by atoms with Crippen molar-refractivity contribution in [2.45, 2.75) is 19.6 Å². The number of carbonyl (C=O) groups excluding carboxylic acids is 1. The third kappa shape index (κ3) is 3.31. The Hall–Kier alpha value is -2.45. The van der Waals surface area contributed by atoms with Crippen LogP contribution in [0.15, 0.2) is 24.5 Å². The van der Waals surface area contributed by atoms with Crippen LogP contribution in [-0.4, -0.2) is 25.9 Å². The van der Waals surface area contributed by atoms with Gasteiger partial charge in [-0.3, -0.25) is 4.79 Å². The van der Waals surface area contributed by atoms with Gasteiger partial charge in [-0.2, -0.15) is 13.2 Å². The van der Waals surface area contributed by atoms with E-state index in [2.05, 4.69) is 20.6 Å². The molecule has 0 saturated carbocycles. The van der Waals surface area contributed by atoms with Crippen molar-refractivity contribution < 1.29 is 18.0 Å². The topological polar surface area (TPSA) is 72.7 Å². The average Bonchev–Trinajstić information content (AvgIpc) is 2.74. The Balaban J connectivity index is 2.00. The summed E-state index contributed by atoms with van der Waals surface area (Å²) in [6.07, 6.45) is -2.30. The van der Waals surface area contributed by atoms with Crippen LogP contribution in [0.2, 0.25) is 0 Å². The Morgan fingerprint density at radius 1 is 1.35 bits per heavy atom. The highest BCUT2D eigenvalue weighted by Crippen LogP contribution is 2.28. The first kappa shape index (κ1) is 14.0. The summed E-state index contributed by atoms with van der Waals surface area (Å²) in [5, 5.41) is 9.67. The van der Waals surface area contributed by atoms with Crippen LogP contribution < -0.4 is 5.32 Å². The predicted molar refractivity (Wildman–Crippen MR) is 62.6 cm³/mol. The fourth-order valence-corrected chi connectivity index (χ4v) is 1.42. The number of pyridine rings is 1. The molecule has 0 spiro atoms. The minimum absolute atomic E-state index is 0.0424. The normalized spacial score (nSPS) is 11.4. The van der Waals surface area contributed by atoms with Crippen molar-refractivity contribution in [3.8, 4) is 0 Å². The van der Waals surface area contributed by atoms with Crippen molar-refractivity contribution >= 4 is 11.7 Å². The van der Waals surface area contributed by atoms with Crippen LogP contribution in [0.4, 0.5) is 19.0 Å². The first-order valence-corrected chi connectivity index (χ1v) is 5.54. The van der Waals surface area contributed by atoms with E-state index in [1.165, 1.54) is 10.9 Å². The fourth-order valence-electron chi connectivity index (χ4n) is 1.42. The minimum atomic E-state index is -4.45. The molecule has 20 heavy (non-hydrogen) atoms. The van der Waals surface area contributed by atoms with Gasteiger partial charge >= 0.3 is 6.18 Å². The molecule has 2 rings (SSSR count). The molecule has 0 aliphatic rings. The van der Waals surface area contributed by atoms with Crippen LogP contribution >= 0.6 is 0 Å². The second-order valence-corrected chi connectivity index (χ2v) is 4.01. The quantitative estimate of drug-likeness (QED) is 0.930. The number of rotatable bonds is 3. The molecular formula is C11H10F3N5O. The molecule has 106 valence electrons. The molecule has 0 atom stereocenters. The summed E-state index contributed by atoms with van der Waals surface area (Å²) in [5.41, 5.74) is -0.178. The van der Waals surface area contributed by atoms with Gasteiger partial charge in [-0.15, -0.1) is 5.10 Å². The van der Waals surface area contributed by atoms with Gasteiger partial charge in [0.15, 0.2) is 0 Å². The zero-order valence-corrected chi connectivity index (χ0v) is 10.3. The van der Waals surface area contributed by atoms with Crippen LogP contribution in [0.5, 0.6) is 0 Å². The summed E-state index contributed by atoms with van der Waals surface area (Å²) in [6.45, 7) is 1.64. The monoisotopic (exact) mass is 285 g/mol. The molecule has 9 heteroatoms. The molecule has 0 saturated heterocycles. The second kappa shape index (κ2) is 5.27. The highest BCUT2D eigenvalue weighted by Gasteiger charge is 2.30. The number of carbonyl (C=O) groups is 1. The highest BCUT2D eigenvalue weighted by molar-refractivity contribution is 5.89. The SMILES string of the molecule is Cc1cnnn1CC(=O)Nc1ccc(C(F)(F)F)cn1. The van der Waals surface area contributed by atoms with Crippen LogP contribution in [0.25, 0.3) is 0 Å². The highest BCUT2D eigenvalue weighted by atomic mass is 19.4. The number of hydrogen-bond acceptors (Lipinski definition) is 4. The molecule has 0 aromatic carbocycles. The molecule has 0 fully saturated rings. The number of amides is 1. The third-order valence-electron chi connectivity index (χ3n) is 2.46. The van der Waals surface area contributed by atoms with Crippen molar-refractivity contribution in [3.63, 3.8) is 0 Å². The van der Waals surface area contributed by atoms with Gasteiger partial charge in [0.1, 0.15) is 12.4 Å². The smallest absolute Gasteiger partial charge is 0.309 e. The minimum Gasteiger partial charge on any atom is -0.309 e. The summed E-state index contributed by atoms with van der Waals surface area (Å²) in [4.78, 5) is 15.2. The van der Waals surface area contributed by atoms with E-state index in [9.17, 15) is 18.0 Å². The van der Waals surface area contributed by atoms with Crippen molar-refractivity contribution in [1.82, 2.24) is 20.0 Å². The van der Waals surface area contributed by atoms with E-state index < -0.39 is 17.6 Å². The summed E-state index contributed by atoms with van der Waals surface area (Å²) in [6, 6.07) is 1.94. The maximum Gasteiger partial charge on any atom is 0.417 e. The first-order valence-electron chi connectivity index (χ1n) is 5.54. The number of nitrogens with zero attached hydrogens (tertiary/aromatic N) is 4. The molecule has 1 N–H and O–H groups in total. The molecule has 2 heterocycles. The van der Waals surface area contributed by atoms with Gasteiger partial charge in [0.2, 0.25) is 5.91 Å². The van der Waals surface area contributed by atoms with Crippen molar-refractivity contribution in [2.24, 2.45) is 0 Å². The van der Waals surface area contributed by atoms with E-state index in [1.54, 1.807) is 6.92 Å². The summed E-state index contributed by atoms with van der Waals surface area (Å²) >= 11 is 0. The summed E-state index contributed by atoms with van der Waals surface area (Å²) in [5.74, 6) is -0.411. The number of nitrogens with one attached hydrogen (secondary N) is 1. The van der Waals surface area contributed by atoms with E-state index >= 15 is 0 Å². The molecule has 6 nitrogen and oxygen atoms in total. The molecule has 0 aliphatic carbocycles. The number of hydrogen-bond donors (Lipinski definition) is 1. The number of alkyl halides is 3. The van der Waals surface area contributed by atoms with Crippen LogP contribution in [0.1, 0.15) is 11.3 Å². The molecule has 2 aromatic heterocycles. The fraction of sp³-hybridized carbons (Fsp3) is 0.273. The Morgan fingerprint density at radius 3 is 2.60 bits per heavy atom. The Morgan fingerprint density at radius 2 is 2.10 bits per heavy atom. The van der Waals surface area contributed by atoms with E-state index in [0.29, 0.717) is 11.9 Å². The largest absolute Gasteiger partial charge is 0.417 e. The number of aryl methyl sites for hydroxylation is 1. The maximum atomic E-state index is 12.3. The van der Waals surface area contributed by atoms with Gasteiger partial charge in [0.05, 0.1) is 17.5 Å². The predicted octanol–water partition coefficient (Wildman–Crippen LogP) is 1.64. The van der Waals surface area contributed by atoms with E-state index in [0.717, 1.165) is 12.1 Å². The van der Waals surface area contributed by atoms with Gasteiger partial charge < -0.3 is 5.32 Å². The average molecular weight is 285 g/mol. The number of aromatic nitrogens is 4. The van der Waals surface area contributed by atoms with E-state index in [1.807, 2.05) is 0 Å². The Kier molecular flexibility index (Phi) is 3.68. The van der Waals surface area contributed by atoms with E-state index in [4.69, 9.17) is 0 Å². The molecule has 0 aliphatic heterocycles. The number of halogens is 3. The summed E-state index contributed by atoms with van der Waals surface area (Å²) < 4.78 is 38.4. The molecule has 1 amide bonds. The zero-order valence-electron chi connectivity index (χ0n) is 10.3.